The van der Waals surface area contributed by atoms with Gasteiger partial charge in [-0.15, -0.1) is 0 Å². The maximum atomic E-state index is 8.86. The predicted molar refractivity (Wildman–Crippen MR) is 72.1 cm³/mol. The Hall–Kier alpha value is -0.590. The van der Waals surface area contributed by atoms with Gasteiger partial charge in [0, 0.05) is 19.0 Å². The molecule has 0 aromatic carbocycles. The molecule has 1 aliphatic heterocycles. The van der Waals surface area contributed by atoms with Crippen molar-refractivity contribution in [1.82, 2.24) is 10.2 Å². The molecule has 100 valence electrons. The number of likely N-dealkylation sites (tertiary alicyclic amines) is 1. The van der Waals surface area contributed by atoms with Gasteiger partial charge in [0.2, 0.25) is 0 Å². The van der Waals surface area contributed by atoms with Gasteiger partial charge in [-0.25, -0.2) is 0 Å². The van der Waals surface area contributed by atoms with Crippen LogP contribution in [0.15, 0.2) is 0 Å². The molecule has 2 aliphatic carbocycles. The molecular weight excluding hydrogens is 222 g/mol. The second-order valence-corrected chi connectivity index (χ2v) is 6.74. The van der Waals surface area contributed by atoms with Gasteiger partial charge >= 0.3 is 0 Å². The molecule has 0 aromatic rings. The summed E-state index contributed by atoms with van der Waals surface area (Å²) in [6.07, 6.45) is 8.83. The highest BCUT2D eigenvalue weighted by Crippen LogP contribution is 2.49. The van der Waals surface area contributed by atoms with E-state index in [1.165, 1.54) is 64.7 Å². The number of nitrogens with one attached hydrogen (secondary N) is 1. The lowest BCUT2D eigenvalue weighted by Crippen LogP contribution is -2.40. The SMILES string of the molecule is N#CCC1(CN2CCC(CNC3CC3)CC2)CC1. The van der Waals surface area contributed by atoms with E-state index >= 15 is 0 Å². The monoisotopic (exact) mass is 247 g/mol. The molecular formula is C15H25N3. The zero-order chi connectivity index (χ0) is 12.4. The van der Waals surface area contributed by atoms with Crippen LogP contribution in [0.5, 0.6) is 0 Å². The molecule has 0 radical (unpaired) electrons. The lowest BCUT2D eigenvalue weighted by Gasteiger charge is -2.34. The summed E-state index contributed by atoms with van der Waals surface area (Å²) in [6, 6.07) is 3.23. The Morgan fingerprint density at radius 1 is 1.17 bits per heavy atom. The van der Waals surface area contributed by atoms with Crippen LogP contribution in [-0.4, -0.2) is 37.1 Å². The molecule has 0 atom stereocenters. The fourth-order valence-corrected chi connectivity index (χ4v) is 3.18. The molecule has 1 N–H and O–H groups in total. The molecule has 0 spiro atoms. The zero-order valence-corrected chi connectivity index (χ0v) is 11.3. The Balaban J connectivity index is 1.36. The molecule has 1 heterocycles. The van der Waals surface area contributed by atoms with Crippen molar-refractivity contribution in [1.29, 1.82) is 5.26 Å². The first-order chi connectivity index (χ1) is 8.80. The van der Waals surface area contributed by atoms with E-state index < -0.39 is 0 Å². The van der Waals surface area contributed by atoms with E-state index in [1.54, 1.807) is 0 Å². The topological polar surface area (TPSA) is 39.1 Å². The Morgan fingerprint density at radius 3 is 2.44 bits per heavy atom. The molecule has 3 aliphatic rings. The zero-order valence-electron chi connectivity index (χ0n) is 11.3. The average Bonchev–Trinajstić information content (AvgIpc) is 3.26. The van der Waals surface area contributed by atoms with E-state index in [1.807, 2.05) is 0 Å². The highest BCUT2D eigenvalue weighted by molar-refractivity contribution is 5.01. The Morgan fingerprint density at radius 2 is 1.89 bits per heavy atom. The Bertz CT molecular complexity index is 317. The summed E-state index contributed by atoms with van der Waals surface area (Å²) in [5.74, 6) is 0.896. The number of hydrogen-bond donors (Lipinski definition) is 1. The highest BCUT2D eigenvalue weighted by atomic mass is 15.1. The van der Waals surface area contributed by atoms with Crippen molar-refractivity contribution in [3.05, 3.63) is 0 Å². The third-order valence-corrected chi connectivity index (χ3v) is 4.95. The smallest absolute Gasteiger partial charge is 0.0628 e. The molecule has 1 saturated heterocycles. The van der Waals surface area contributed by atoms with Gasteiger partial charge in [0.15, 0.2) is 0 Å². The molecule has 0 amide bonds. The summed E-state index contributed by atoms with van der Waals surface area (Å²) < 4.78 is 0. The second-order valence-electron chi connectivity index (χ2n) is 6.74. The minimum absolute atomic E-state index is 0.397. The molecule has 3 nitrogen and oxygen atoms in total. The molecule has 0 unspecified atom stereocenters. The van der Waals surface area contributed by atoms with Crippen molar-refractivity contribution in [2.45, 2.75) is 51.0 Å². The van der Waals surface area contributed by atoms with Crippen LogP contribution in [0.4, 0.5) is 0 Å². The number of nitrogens with zero attached hydrogens (tertiary/aromatic N) is 2. The van der Waals surface area contributed by atoms with Crippen molar-refractivity contribution in [3.8, 4) is 6.07 Å². The van der Waals surface area contributed by atoms with E-state index in [0.29, 0.717) is 5.41 Å². The van der Waals surface area contributed by atoms with Gasteiger partial charge in [-0.2, -0.15) is 5.26 Å². The van der Waals surface area contributed by atoms with Gasteiger partial charge in [0.1, 0.15) is 0 Å². The largest absolute Gasteiger partial charge is 0.314 e. The van der Waals surface area contributed by atoms with Crippen molar-refractivity contribution in [2.24, 2.45) is 11.3 Å². The van der Waals surface area contributed by atoms with E-state index in [-0.39, 0.29) is 0 Å². The normalized spacial score (nSPS) is 27.9. The van der Waals surface area contributed by atoms with Crippen LogP contribution < -0.4 is 5.32 Å². The molecule has 0 aromatic heterocycles. The number of rotatable bonds is 6. The van der Waals surface area contributed by atoms with E-state index in [4.69, 9.17) is 5.26 Å². The highest BCUT2D eigenvalue weighted by Gasteiger charge is 2.43. The maximum absolute atomic E-state index is 8.86. The van der Waals surface area contributed by atoms with Crippen LogP contribution >= 0.6 is 0 Å². The van der Waals surface area contributed by atoms with Gasteiger partial charge in [-0.05, 0) is 69.5 Å². The van der Waals surface area contributed by atoms with Crippen molar-refractivity contribution in [2.75, 3.05) is 26.2 Å². The van der Waals surface area contributed by atoms with E-state index in [0.717, 1.165) is 18.4 Å². The number of nitriles is 1. The molecule has 3 heteroatoms. The lowest BCUT2D eigenvalue weighted by molar-refractivity contribution is 0.153. The third kappa shape index (κ3) is 3.24. The van der Waals surface area contributed by atoms with Crippen LogP contribution in [0, 0.1) is 22.7 Å². The van der Waals surface area contributed by atoms with Crippen LogP contribution in [-0.2, 0) is 0 Å². The fraction of sp³-hybridized carbons (Fsp3) is 0.933. The molecule has 0 bridgehead atoms. The average molecular weight is 247 g/mol. The quantitative estimate of drug-likeness (QED) is 0.781. The minimum atomic E-state index is 0.397. The Labute approximate surface area is 111 Å². The van der Waals surface area contributed by atoms with Crippen molar-refractivity contribution < 1.29 is 0 Å². The summed E-state index contributed by atoms with van der Waals surface area (Å²) >= 11 is 0. The van der Waals surface area contributed by atoms with Gasteiger partial charge in [-0.3, -0.25) is 0 Å². The van der Waals surface area contributed by atoms with Crippen LogP contribution in [0.3, 0.4) is 0 Å². The standard InChI is InChI=1S/C15H25N3/c16-8-7-15(5-6-15)12-18-9-3-13(4-10-18)11-17-14-1-2-14/h13-14,17H,1-7,9-12H2. The summed E-state index contributed by atoms with van der Waals surface area (Å²) in [4.78, 5) is 2.61. The minimum Gasteiger partial charge on any atom is -0.314 e. The summed E-state index contributed by atoms with van der Waals surface area (Å²) in [5.41, 5.74) is 0.397. The van der Waals surface area contributed by atoms with Gasteiger partial charge in [0.05, 0.1) is 6.07 Å². The number of piperidine rings is 1. The maximum Gasteiger partial charge on any atom is 0.0628 e. The lowest BCUT2D eigenvalue weighted by atomic mass is 9.94. The molecule has 18 heavy (non-hydrogen) atoms. The fourth-order valence-electron chi connectivity index (χ4n) is 3.18. The first-order valence-corrected chi connectivity index (χ1v) is 7.62. The summed E-state index contributed by atoms with van der Waals surface area (Å²) in [5, 5.41) is 12.5. The first-order valence-electron chi connectivity index (χ1n) is 7.62. The van der Waals surface area contributed by atoms with Crippen molar-refractivity contribution >= 4 is 0 Å². The van der Waals surface area contributed by atoms with E-state index in [2.05, 4.69) is 16.3 Å². The molecule has 2 saturated carbocycles. The van der Waals surface area contributed by atoms with Crippen LogP contribution in [0.1, 0.15) is 44.9 Å². The Kier molecular flexibility index (Phi) is 3.59. The number of hydrogen-bond acceptors (Lipinski definition) is 3. The third-order valence-electron chi connectivity index (χ3n) is 4.95. The first kappa shape index (κ1) is 12.4. The van der Waals surface area contributed by atoms with Crippen LogP contribution in [0.2, 0.25) is 0 Å². The van der Waals surface area contributed by atoms with Crippen LogP contribution in [0.25, 0.3) is 0 Å². The van der Waals surface area contributed by atoms with Crippen molar-refractivity contribution in [3.63, 3.8) is 0 Å². The van der Waals surface area contributed by atoms with Gasteiger partial charge < -0.3 is 10.2 Å². The molecule has 3 fully saturated rings. The molecule has 3 rings (SSSR count). The predicted octanol–water partition coefficient (Wildman–Crippen LogP) is 2.14. The van der Waals surface area contributed by atoms with Gasteiger partial charge in [-0.1, -0.05) is 0 Å². The summed E-state index contributed by atoms with van der Waals surface area (Å²) in [7, 11) is 0. The van der Waals surface area contributed by atoms with E-state index in [9.17, 15) is 0 Å². The summed E-state index contributed by atoms with van der Waals surface area (Å²) in [6.45, 7) is 4.93. The second kappa shape index (κ2) is 5.19. The van der Waals surface area contributed by atoms with Gasteiger partial charge in [0.25, 0.3) is 0 Å².